The molecule has 0 unspecified atom stereocenters. The molecule has 162 valence electrons. The molecule has 30 heavy (non-hydrogen) atoms. The van der Waals surface area contributed by atoms with Crippen molar-refractivity contribution in [3.63, 3.8) is 0 Å². The minimum Gasteiger partial charge on any atom is -0.493 e. The molecule has 0 amide bonds. The van der Waals surface area contributed by atoms with Gasteiger partial charge in [-0.1, -0.05) is 17.4 Å². The Bertz CT molecular complexity index is 1200. The summed E-state index contributed by atoms with van der Waals surface area (Å²) in [6.07, 6.45) is 1.33. The van der Waals surface area contributed by atoms with E-state index >= 15 is 0 Å². The first-order chi connectivity index (χ1) is 14.3. The van der Waals surface area contributed by atoms with E-state index in [0.29, 0.717) is 35.6 Å². The molecule has 0 spiro atoms. The largest absolute Gasteiger partial charge is 0.493 e. The number of hydrogen-bond acceptors (Lipinski definition) is 6. The van der Waals surface area contributed by atoms with Gasteiger partial charge in [0.1, 0.15) is 0 Å². The Morgan fingerprint density at radius 1 is 1.07 bits per heavy atom. The van der Waals surface area contributed by atoms with Gasteiger partial charge in [-0.05, 0) is 62.6 Å². The lowest BCUT2D eigenvalue weighted by Gasteiger charge is -2.10. The van der Waals surface area contributed by atoms with Crippen LogP contribution in [-0.2, 0) is 16.4 Å². The molecule has 7 nitrogen and oxygen atoms in total. The van der Waals surface area contributed by atoms with Gasteiger partial charge in [0.15, 0.2) is 11.5 Å². The van der Waals surface area contributed by atoms with Gasteiger partial charge < -0.3 is 9.47 Å². The summed E-state index contributed by atoms with van der Waals surface area (Å²) in [5.41, 5.74) is 1.79. The van der Waals surface area contributed by atoms with Gasteiger partial charge in [0.25, 0.3) is 0 Å². The maximum absolute atomic E-state index is 12.7. The van der Waals surface area contributed by atoms with E-state index in [9.17, 15) is 13.2 Å². The fourth-order valence-corrected chi connectivity index (χ4v) is 5.52. The molecule has 2 aromatic carbocycles. The molecule has 0 bridgehead atoms. The van der Waals surface area contributed by atoms with Crippen LogP contribution < -0.4 is 19.1 Å². The van der Waals surface area contributed by atoms with E-state index in [2.05, 4.69) is 4.72 Å². The molecule has 3 rings (SSSR count). The Hall–Kier alpha value is -2.36. The molecule has 1 N–H and O–H groups in total. The summed E-state index contributed by atoms with van der Waals surface area (Å²) in [6.45, 7) is 4.16. The monoisotopic (exact) mass is 450 g/mol. The number of nitrogens with one attached hydrogen (secondary N) is 1. The van der Waals surface area contributed by atoms with Crippen LogP contribution in [0.15, 0.2) is 46.1 Å². The summed E-state index contributed by atoms with van der Waals surface area (Å²) in [7, 11) is -0.488. The molecule has 1 heterocycles. The molecule has 0 atom stereocenters. The van der Waals surface area contributed by atoms with E-state index in [0.717, 1.165) is 22.4 Å². The van der Waals surface area contributed by atoms with E-state index in [1.807, 2.05) is 32.0 Å². The third-order valence-corrected chi connectivity index (χ3v) is 7.17. The second kappa shape index (κ2) is 9.20. The Labute approximate surface area is 180 Å². The van der Waals surface area contributed by atoms with Crippen molar-refractivity contribution >= 4 is 31.6 Å². The molecular formula is C21H26N2O5S2. The van der Waals surface area contributed by atoms with E-state index in [1.165, 1.54) is 0 Å². The number of nitrogens with zero attached hydrogens (tertiary/aromatic N) is 1. The molecule has 1 aromatic heterocycles. The third-order valence-electron chi connectivity index (χ3n) is 4.79. The van der Waals surface area contributed by atoms with Crippen LogP contribution in [0.5, 0.6) is 11.5 Å². The van der Waals surface area contributed by atoms with Gasteiger partial charge >= 0.3 is 4.87 Å². The molecule has 0 saturated carbocycles. The number of rotatable bonds is 9. The smallest absolute Gasteiger partial charge is 0.308 e. The zero-order chi connectivity index (χ0) is 21.9. The van der Waals surface area contributed by atoms with E-state index in [-0.39, 0.29) is 15.8 Å². The van der Waals surface area contributed by atoms with Crippen molar-refractivity contribution in [1.82, 2.24) is 9.29 Å². The van der Waals surface area contributed by atoms with Crippen LogP contribution in [0.1, 0.15) is 31.9 Å². The highest BCUT2D eigenvalue weighted by Crippen LogP contribution is 2.28. The van der Waals surface area contributed by atoms with Crippen molar-refractivity contribution in [3.8, 4) is 11.5 Å². The third kappa shape index (κ3) is 4.69. The number of hydrogen-bond donors (Lipinski definition) is 1. The van der Waals surface area contributed by atoms with Crippen LogP contribution in [0.4, 0.5) is 0 Å². The maximum Gasteiger partial charge on any atom is 0.308 e. The first kappa shape index (κ1) is 22.3. The average Bonchev–Trinajstić information content (AvgIpc) is 3.06. The molecular weight excluding hydrogens is 424 g/mol. The van der Waals surface area contributed by atoms with Gasteiger partial charge in [0.2, 0.25) is 10.0 Å². The lowest BCUT2D eigenvalue weighted by molar-refractivity contribution is 0.354. The summed E-state index contributed by atoms with van der Waals surface area (Å²) in [6, 6.07) is 10.5. The maximum atomic E-state index is 12.7. The minimum absolute atomic E-state index is 0.0170. The molecule has 0 aliphatic carbocycles. The first-order valence-corrected chi connectivity index (χ1v) is 11.9. The van der Waals surface area contributed by atoms with Crippen LogP contribution in [-0.4, -0.2) is 33.7 Å². The zero-order valence-corrected chi connectivity index (χ0v) is 19.1. The fourth-order valence-electron chi connectivity index (χ4n) is 3.29. The van der Waals surface area contributed by atoms with Crippen LogP contribution in [0.3, 0.4) is 0 Å². The van der Waals surface area contributed by atoms with Gasteiger partial charge in [-0.2, -0.15) is 0 Å². The summed E-state index contributed by atoms with van der Waals surface area (Å²) in [5, 5.41) is 0. The summed E-state index contributed by atoms with van der Waals surface area (Å²) in [5.74, 6) is 1.31. The van der Waals surface area contributed by atoms with Crippen molar-refractivity contribution < 1.29 is 17.9 Å². The van der Waals surface area contributed by atoms with Gasteiger partial charge in [0.05, 0.1) is 29.3 Å². The van der Waals surface area contributed by atoms with E-state index in [4.69, 9.17) is 9.47 Å². The predicted octanol–water partition coefficient (Wildman–Crippen LogP) is 3.57. The Balaban J connectivity index is 1.66. The van der Waals surface area contributed by atoms with Gasteiger partial charge in [-0.25, -0.2) is 13.1 Å². The Morgan fingerprint density at radius 2 is 1.80 bits per heavy atom. The molecule has 0 saturated heterocycles. The molecule has 0 aliphatic heterocycles. The molecule has 3 aromatic rings. The second-order valence-corrected chi connectivity index (χ2v) is 9.91. The van der Waals surface area contributed by atoms with E-state index in [1.54, 1.807) is 37.0 Å². The van der Waals surface area contributed by atoms with Crippen molar-refractivity contribution in [3.05, 3.63) is 51.6 Å². The average molecular weight is 451 g/mol. The fraction of sp³-hybridized carbons (Fsp3) is 0.381. The Morgan fingerprint density at radius 3 is 2.47 bits per heavy atom. The van der Waals surface area contributed by atoms with Gasteiger partial charge in [-0.15, -0.1) is 0 Å². The van der Waals surface area contributed by atoms with Crippen molar-refractivity contribution in [2.24, 2.45) is 0 Å². The topological polar surface area (TPSA) is 86.6 Å². The quantitative estimate of drug-likeness (QED) is 0.504. The number of aromatic nitrogens is 1. The van der Waals surface area contributed by atoms with Crippen LogP contribution in [0, 0.1) is 0 Å². The number of fused-ring (bicyclic) bond motifs is 1. The number of ether oxygens (including phenoxy) is 2. The highest BCUT2D eigenvalue weighted by atomic mass is 32.2. The van der Waals surface area contributed by atoms with Crippen molar-refractivity contribution in [1.29, 1.82) is 0 Å². The predicted molar refractivity (Wildman–Crippen MR) is 120 cm³/mol. The molecule has 0 radical (unpaired) electrons. The highest BCUT2D eigenvalue weighted by molar-refractivity contribution is 7.89. The van der Waals surface area contributed by atoms with Crippen LogP contribution in [0.25, 0.3) is 10.2 Å². The number of methoxy groups -OCH3 is 2. The van der Waals surface area contributed by atoms with Crippen molar-refractivity contribution in [2.45, 2.75) is 37.6 Å². The number of benzene rings is 2. The normalized spacial score (nSPS) is 11.9. The number of aryl methyl sites for hydroxylation is 1. The van der Waals surface area contributed by atoms with E-state index < -0.39 is 10.0 Å². The van der Waals surface area contributed by atoms with Crippen LogP contribution in [0.2, 0.25) is 0 Å². The first-order valence-electron chi connectivity index (χ1n) is 9.62. The summed E-state index contributed by atoms with van der Waals surface area (Å²) >= 11 is 1.06. The number of sulfonamides is 1. The van der Waals surface area contributed by atoms with Gasteiger partial charge in [-0.3, -0.25) is 9.36 Å². The second-order valence-electron chi connectivity index (χ2n) is 7.15. The van der Waals surface area contributed by atoms with Gasteiger partial charge in [0, 0.05) is 12.6 Å². The minimum atomic E-state index is -3.65. The standard InChI is InChI=1S/C21H26N2O5S2/c1-14(2)23-17-9-8-16(13-20(17)29-21(23)24)30(25,26)22-11-5-6-15-7-10-18(27-3)19(12-15)28-4/h7-10,12-14,22H,5-6,11H2,1-4H3. The van der Waals surface area contributed by atoms with Crippen molar-refractivity contribution in [2.75, 3.05) is 20.8 Å². The highest BCUT2D eigenvalue weighted by Gasteiger charge is 2.17. The summed E-state index contributed by atoms with van der Waals surface area (Å²) < 4.78 is 40.8. The molecule has 0 fully saturated rings. The Kier molecular flexibility index (Phi) is 6.84. The molecule has 0 aliphatic rings. The SMILES string of the molecule is COc1ccc(CCCNS(=O)(=O)c2ccc3c(c2)sc(=O)n3C(C)C)cc1OC. The lowest BCUT2D eigenvalue weighted by Crippen LogP contribution is -2.25. The number of thiazole rings is 1. The zero-order valence-electron chi connectivity index (χ0n) is 17.5. The molecule has 9 heteroatoms. The summed E-state index contributed by atoms with van der Waals surface area (Å²) in [4.78, 5) is 12.3. The lowest BCUT2D eigenvalue weighted by atomic mass is 10.1. The van der Waals surface area contributed by atoms with Crippen LogP contribution >= 0.6 is 11.3 Å².